The van der Waals surface area contributed by atoms with Gasteiger partial charge in [-0.1, -0.05) is 0 Å². The molecule has 2 aliphatic rings. The number of halogens is 3. The van der Waals surface area contributed by atoms with Crippen LogP contribution in [0.1, 0.15) is 29.7 Å². The predicted molar refractivity (Wildman–Crippen MR) is 121 cm³/mol. The number of hydrogen-bond acceptors (Lipinski definition) is 5. The van der Waals surface area contributed by atoms with Crippen molar-refractivity contribution >= 4 is 17.5 Å². The van der Waals surface area contributed by atoms with E-state index in [4.69, 9.17) is 5.26 Å². The van der Waals surface area contributed by atoms with Crippen molar-refractivity contribution in [3.63, 3.8) is 0 Å². The fourth-order valence-corrected chi connectivity index (χ4v) is 5.26. The number of benzene rings is 1. The van der Waals surface area contributed by atoms with E-state index in [-0.39, 0.29) is 24.9 Å². The Morgan fingerprint density at radius 2 is 1.97 bits per heavy atom. The first-order chi connectivity index (χ1) is 16.6. The monoisotopic (exact) mass is 488 g/mol. The van der Waals surface area contributed by atoms with Gasteiger partial charge in [0.2, 0.25) is 11.8 Å². The Kier molecular flexibility index (Phi) is 6.49. The van der Waals surface area contributed by atoms with E-state index < -0.39 is 28.6 Å². The molecule has 0 radical (unpaired) electrons. The molecule has 1 spiro atoms. The van der Waals surface area contributed by atoms with Crippen molar-refractivity contribution in [2.24, 2.45) is 11.3 Å². The van der Waals surface area contributed by atoms with Gasteiger partial charge in [-0.15, -0.1) is 0 Å². The van der Waals surface area contributed by atoms with E-state index in [9.17, 15) is 22.8 Å². The van der Waals surface area contributed by atoms with Crippen molar-refractivity contribution in [1.82, 2.24) is 20.0 Å². The van der Waals surface area contributed by atoms with Crippen LogP contribution in [0.5, 0.6) is 0 Å². The van der Waals surface area contributed by atoms with E-state index in [0.717, 1.165) is 11.8 Å². The van der Waals surface area contributed by atoms with Gasteiger partial charge in [-0.05, 0) is 44.0 Å². The minimum absolute atomic E-state index is 0.0591. The van der Waals surface area contributed by atoms with Gasteiger partial charge in [0.1, 0.15) is 6.54 Å². The summed E-state index contributed by atoms with van der Waals surface area (Å²) in [6, 6.07) is 7.09. The summed E-state index contributed by atoms with van der Waals surface area (Å²) >= 11 is 0. The van der Waals surface area contributed by atoms with Gasteiger partial charge in [0.25, 0.3) is 0 Å². The molecule has 3 heterocycles. The van der Waals surface area contributed by atoms with E-state index in [1.165, 1.54) is 12.1 Å². The Bertz CT molecular complexity index is 1160. The molecule has 2 aromatic rings. The SMILES string of the molecule is CNC(=O)C1CN(c2ccc(C#N)c(C(F)(F)F)c2)CC12CCN(C(=O)Cn1ccc(C)n1)CC2. The second-order valence-electron chi connectivity index (χ2n) is 9.28. The average molecular weight is 489 g/mol. The third kappa shape index (κ3) is 4.83. The van der Waals surface area contributed by atoms with Crippen LogP contribution in [0, 0.1) is 29.6 Å². The number of anilines is 1. The predicted octanol–water partition coefficient (Wildman–Crippen LogP) is 2.57. The maximum Gasteiger partial charge on any atom is 0.417 e. The number of hydrogen-bond donors (Lipinski definition) is 1. The maximum atomic E-state index is 13.5. The van der Waals surface area contributed by atoms with Gasteiger partial charge in [-0.2, -0.15) is 23.5 Å². The first-order valence-corrected chi connectivity index (χ1v) is 11.4. The first-order valence-electron chi connectivity index (χ1n) is 11.4. The smallest absolute Gasteiger partial charge is 0.370 e. The summed E-state index contributed by atoms with van der Waals surface area (Å²) in [4.78, 5) is 29.1. The summed E-state index contributed by atoms with van der Waals surface area (Å²) in [5.74, 6) is -0.649. The molecule has 0 aliphatic carbocycles. The number of nitrogens with zero attached hydrogens (tertiary/aromatic N) is 5. The number of likely N-dealkylation sites (tertiary alicyclic amines) is 1. The largest absolute Gasteiger partial charge is 0.417 e. The lowest BCUT2D eigenvalue weighted by Crippen LogP contribution is -2.50. The lowest BCUT2D eigenvalue weighted by molar-refractivity contribution is -0.138. The number of piperidine rings is 1. The molecule has 11 heteroatoms. The molecular weight excluding hydrogens is 461 g/mol. The molecular formula is C24H27F3N6O2. The minimum Gasteiger partial charge on any atom is -0.370 e. The number of carbonyl (C=O) groups excluding carboxylic acids is 2. The van der Waals surface area contributed by atoms with Gasteiger partial charge in [-0.3, -0.25) is 14.3 Å². The molecule has 1 aromatic carbocycles. The number of nitriles is 1. The Balaban J connectivity index is 1.53. The zero-order valence-corrected chi connectivity index (χ0v) is 19.6. The number of carbonyl (C=O) groups is 2. The van der Waals surface area contributed by atoms with Gasteiger partial charge in [0.05, 0.1) is 28.8 Å². The molecule has 8 nitrogen and oxygen atoms in total. The van der Waals surface area contributed by atoms with E-state index in [1.807, 2.05) is 13.0 Å². The zero-order chi connectivity index (χ0) is 25.4. The summed E-state index contributed by atoms with van der Waals surface area (Å²) < 4.78 is 42.1. The van der Waals surface area contributed by atoms with Crippen molar-refractivity contribution < 1.29 is 22.8 Å². The molecule has 35 heavy (non-hydrogen) atoms. The fraction of sp³-hybridized carbons (Fsp3) is 0.500. The Hall–Kier alpha value is -3.55. The van der Waals surface area contributed by atoms with Crippen LogP contribution < -0.4 is 10.2 Å². The molecule has 186 valence electrons. The standard InChI is InChI=1S/C24H27F3N6O2/c1-16-5-8-33(30-16)14-21(34)31-9-6-23(7-10-31)15-32(13-20(23)22(35)29-2)18-4-3-17(12-28)19(11-18)24(25,26)27/h3-5,8,11,20H,6-7,9-10,13-15H2,1-2H3,(H,29,35). The van der Waals surface area contributed by atoms with Crippen molar-refractivity contribution in [3.05, 3.63) is 47.3 Å². The molecule has 2 aliphatic heterocycles. The Morgan fingerprint density at radius 3 is 2.54 bits per heavy atom. The van der Waals surface area contributed by atoms with E-state index in [0.29, 0.717) is 38.2 Å². The van der Waals surface area contributed by atoms with Crippen LogP contribution in [0.4, 0.5) is 18.9 Å². The van der Waals surface area contributed by atoms with Crippen LogP contribution in [0.15, 0.2) is 30.5 Å². The number of alkyl halides is 3. The summed E-state index contributed by atoms with van der Waals surface area (Å²) in [6.45, 7) is 3.57. The maximum absolute atomic E-state index is 13.5. The highest BCUT2D eigenvalue weighted by molar-refractivity contribution is 5.81. The van der Waals surface area contributed by atoms with Crippen molar-refractivity contribution in [1.29, 1.82) is 5.26 Å². The van der Waals surface area contributed by atoms with Crippen LogP contribution in [0.3, 0.4) is 0 Å². The van der Waals surface area contributed by atoms with Crippen LogP contribution in [0.2, 0.25) is 0 Å². The number of nitrogens with one attached hydrogen (secondary N) is 1. The fourth-order valence-electron chi connectivity index (χ4n) is 5.26. The van der Waals surface area contributed by atoms with Gasteiger partial charge < -0.3 is 15.1 Å². The van der Waals surface area contributed by atoms with Crippen molar-refractivity contribution in [3.8, 4) is 6.07 Å². The quantitative estimate of drug-likeness (QED) is 0.714. The molecule has 1 unspecified atom stereocenters. The summed E-state index contributed by atoms with van der Waals surface area (Å²) in [7, 11) is 1.55. The van der Waals surface area contributed by atoms with Crippen molar-refractivity contribution in [2.75, 3.05) is 38.1 Å². The molecule has 1 N–H and O–H groups in total. The molecule has 2 fully saturated rings. The second kappa shape index (κ2) is 9.24. The van der Waals surface area contributed by atoms with E-state index in [1.54, 1.807) is 33.8 Å². The molecule has 2 saturated heterocycles. The number of aryl methyl sites for hydroxylation is 1. The molecule has 1 atom stereocenters. The number of aromatic nitrogens is 2. The second-order valence-corrected chi connectivity index (χ2v) is 9.28. The summed E-state index contributed by atoms with van der Waals surface area (Å²) in [6.07, 6.45) is -1.78. The van der Waals surface area contributed by atoms with E-state index in [2.05, 4.69) is 10.4 Å². The normalized spacial score (nSPS) is 19.6. The molecule has 1 aromatic heterocycles. The van der Waals surface area contributed by atoms with E-state index >= 15 is 0 Å². The van der Waals surface area contributed by atoms with Gasteiger partial charge in [-0.25, -0.2) is 0 Å². The Morgan fingerprint density at radius 1 is 1.26 bits per heavy atom. The summed E-state index contributed by atoms with van der Waals surface area (Å²) in [5, 5.41) is 16.0. The highest BCUT2D eigenvalue weighted by Crippen LogP contribution is 2.47. The summed E-state index contributed by atoms with van der Waals surface area (Å²) in [5.41, 5.74) is -0.728. The van der Waals surface area contributed by atoms with Crippen LogP contribution in [0.25, 0.3) is 0 Å². The lowest BCUT2D eigenvalue weighted by Gasteiger charge is -2.42. The minimum atomic E-state index is -4.66. The molecule has 4 rings (SSSR count). The number of amides is 2. The Labute approximate surface area is 201 Å². The highest BCUT2D eigenvalue weighted by atomic mass is 19.4. The third-order valence-corrected chi connectivity index (χ3v) is 7.19. The zero-order valence-electron chi connectivity index (χ0n) is 19.6. The lowest BCUT2D eigenvalue weighted by atomic mass is 9.70. The van der Waals surface area contributed by atoms with Crippen LogP contribution >= 0.6 is 0 Å². The molecule has 0 bridgehead atoms. The first kappa shape index (κ1) is 24.6. The number of rotatable bonds is 4. The molecule has 2 amide bonds. The molecule has 0 saturated carbocycles. The van der Waals surface area contributed by atoms with Gasteiger partial charge >= 0.3 is 6.18 Å². The van der Waals surface area contributed by atoms with Gasteiger partial charge in [0, 0.05) is 50.5 Å². The van der Waals surface area contributed by atoms with Crippen molar-refractivity contribution in [2.45, 2.75) is 32.5 Å². The third-order valence-electron chi connectivity index (χ3n) is 7.19. The van der Waals surface area contributed by atoms with Crippen LogP contribution in [-0.2, 0) is 22.3 Å². The average Bonchev–Trinajstić information content (AvgIpc) is 3.41. The van der Waals surface area contributed by atoms with Gasteiger partial charge in [0.15, 0.2) is 0 Å². The van der Waals surface area contributed by atoms with Crippen LogP contribution in [-0.4, -0.2) is 59.7 Å². The topological polar surface area (TPSA) is 94.3 Å². The highest BCUT2D eigenvalue weighted by Gasteiger charge is 2.51.